The Balaban J connectivity index is 1.22. The fourth-order valence-corrected chi connectivity index (χ4v) is 4.39. The van der Waals surface area contributed by atoms with Crippen LogP contribution in [0.15, 0.2) is 48.7 Å². The van der Waals surface area contributed by atoms with Gasteiger partial charge in [-0.25, -0.2) is 4.68 Å². The second-order valence-corrected chi connectivity index (χ2v) is 8.39. The normalized spacial score (nSPS) is 16.2. The van der Waals surface area contributed by atoms with Crippen molar-refractivity contribution in [1.82, 2.24) is 19.6 Å². The van der Waals surface area contributed by atoms with Crippen molar-refractivity contribution in [1.29, 1.82) is 0 Å². The molecule has 0 aliphatic carbocycles. The van der Waals surface area contributed by atoms with Crippen LogP contribution in [0, 0.1) is 13.8 Å². The van der Waals surface area contributed by atoms with Gasteiger partial charge in [0.2, 0.25) is 0 Å². The number of hydrogen-bond donors (Lipinski definition) is 0. The fourth-order valence-electron chi connectivity index (χ4n) is 4.39. The molecule has 7 nitrogen and oxygen atoms in total. The van der Waals surface area contributed by atoms with Crippen LogP contribution in [0.2, 0.25) is 0 Å². The van der Waals surface area contributed by atoms with Gasteiger partial charge in [-0.1, -0.05) is 24.3 Å². The van der Waals surface area contributed by atoms with Crippen LogP contribution < -0.4 is 9.47 Å². The zero-order chi connectivity index (χ0) is 22.1. The van der Waals surface area contributed by atoms with E-state index in [2.05, 4.69) is 35.1 Å². The molecule has 1 saturated heterocycles. The van der Waals surface area contributed by atoms with Crippen LogP contribution in [-0.2, 0) is 6.54 Å². The molecule has 0 spiro atoms. The highest BCUT2D eigenvalue weighted by atomic mass is 16.6. The Labute approximate surface area is 188 Å². The van der Waals surface area contributed by atoms with Gasteiger partial charge in [0.05, 0.1) is 23.1 Å². The summed E-state index contributed by atoms with van der Waals surface area (Å²) < 4.78 is 13.2. The van der Waals surface area contributed by atoms with E-state index in [0.717, 1.165) is 48.1 Å². The molecule has 1 aromatic heterocycles. The summed E-state index contributed by atoms with van der Waals surface area (Å²) in [4.78, 5) is 17.5. The van der Waals surface area contributed by atoms with Crippen LogP contribution in [0.1, 0.15) is 27.2 Å². The molecule has 32 heavy (non-hydrogen) atoms. The van der Waals surface area contributed by atoms with Crippen molar-refractivity contribution in [3.8, 4) is 17.2 Å². The summed E-state index contributed by atoms with van der Waals surface area (Å²) in [7, 11) is 0. The first-order valence-corrected chi connectivity index (χ1v) is 11.1. The molecule has 2 aliphatic rings. The summed E-state index contributed by atoms with van der Waals surface area (Å²) in [5, 5.41) is 4.51. The third-order valence-electron chi connectivity index (χ3n) is 6.26. The molecule has 3 heterocycles. The minimum Gasteiger partial charge on any atom is -0.486 e. The van der Waals surface area contributed by atoms with Gasteiger partial charge in [-0.05, 0) is 43.2 Å². The molecule has 0 unspecified atom stereocenters. The van der Waals surface area contributed by atoms with Crippen molar-refractivity contribution >= 4 is 5.91 Å². The Morgan fingerprint density at radius 3 is 2.50 bits per heavy atom. The second-order valence-electron chi connectivity index (χ2n) is 8.39. The van der Waals surface area contributed by atoms with Crippen LogP contribution >= 0.6 is 0 Å². The minimum absolute atomic E-state index is 0.0568. The standard InChI is InChI=1S/C25H28N4O3/c1-18-5-3-4-6-22(18)29-19(2)21(16-26-29)25(30)28-11-9-27(10-12-28)17-20-7-8-23-24(15-20)32-14-13-31-23/h3-8,15-16H,9-14,17H2,1-2H3. The highest BCUT2D eigenvalue weighted by molar-refractivity contribution is 5.95. The second kappa shape index (κ2) is 8.67. The van der Waals surface area contributed by atoms with Crippen LogP contribution in [0.5, 0.6) is 11.5 Å². The quantitative estimate of drug-likeness (QED) is 0.634. The van der Waals surface area contributed by atoms with Crippen LogP contribution in [0.3, 0.4) is 0 Å². The van der Waals surface area contributed by atoms with Gasteiger partial charge in [-0.3, -0.25) is 9.69 Å². The Hall–Kier alpha value is -3.32. The molecule has 166 valence electrons. The van der Waals surface area contributed by atoms with Gasteiger partial charge in [-0.2, -0.15) is 5.10 Å². The molecular weight excluding hydrogens is 404 g/mol. The molecule has 5 rings (SSSR count). The number of aryl methyl sites for hydroxylation is 1. The number of hydrogen-bond acceptors (Lipinski definition) is 5. The number of nitrogens with zero attached hydrogens (tertiary/aromatic N) is 4. The fraction of sp³-hybridized carbons (Fsp3) is 0.360. The van der Waals surface area contributed by atoms with E-state index in [9.17, 15) is 4.79 Å². The van der Waals surface area contributed by atoms with E-state index in [0.29, 0.717) is 31.9 Å². The summed E-state index contributed by atoms with van der Waals surface area (Å²) in [5.41, 5.74) is 4.89. The molecule has 0 saturated carbocycles. The number of para-hydroxylation sites is 1. The van der Waals surface area contributed by atoms with Gasteiger partial charge in [0.15, 0.2) is 11.5 Å². The minimum atomic E-state index is 0.0568. The van der Waals surface area contributed by atoms with Gasteiger partial charge in [0.1, 0.15) is 13.2 Å². The maximum Gasteiger partial charge on any atom is 0.257 e. The first kappa shape index (κ1) is 20.6. The average Bonchev–Trinajstić information content (AvgIpc) is 3.20. The number of ether oxygens (including phenoxy) is 2. The number of rotatable bonds is 4. The van der Waals surface area contributed by atoms with Crippen molar-refractivity contribution in [2.24, 2.45) is 0 Å². The number of piperazine rings is 1. The molecule has 1 amide bonds. The number of carbonyl (C=O) groups is 1. The molecule has 3 aromatic rings. The summed E-state index contributed by atoms with van der Waals surface area (Å²) >= 11 is 0. The highest BCUT2D eigenvalue weighted by Crippen LogP contribution is 2.31. The largest absolute Gasteiger partial charge is 0.486 e. The number of amides is 1. The van der Waals surface area contributed by atoms with E-state index in [1.807, 2.05) is 40.8 Å². The monoisotopic (exact) mass is 432 g/mol. The van der Waals surface area contributed by atoms with Gasteiger partial charge in [0.25, 0.3) is 5.91 Å². The van der Waals surface area contributed by atoms with Gasteiger partial charge in [0, 0.05) is 32.7 Å². The number of carbonyl (C=O) groups excluding carboxylic acids is 1. The first-order valence-electron chi connectivity index (χ1n) is 11.1. The molecule has 0 radical (unpaired) electrons. The van der Waals surface area contributed by atoms with Crippen molar-refractivity contribution in [2.75, 3.05) is 39.4 Å². The molecule has 0 atom stereocenters. The number of aromatic nitrogens is 2. The van der Waals surface area contributed by atoms with Crippen LogP contribution in [-0.4, -0.2) is 64.9 Å². The van der Waals surface area contributed by atoms with Crippen molar-refractivity contribution in [3.63, 3.8) is 0 Å². The number of benzene rings is 2. The lowest BCUT2D eigenvalue weighted by Crippen LogP contribution is -2.48. The van der Waals surface area contributed by atoms with E-state index in [1.54, 1.807) is 6.20 Å². The van der Waals surface area contributed by atoms with E-state index >= 15 is 0 Å². The molecule has 0 bridgehead atoms. The lowest BCUT2D eigenvalue weighted by atomic mass is 10.1. The Kier molecular flexibility index (Phi) is 5.57. The third-order valence-corrected chi connectivity index (χ3v) is 6.26. The smallest absolute Gasteiger partial charge is 0.257 e. The summed E-state index contributed by atoms with van der Waals surface area (Å²) in [6.07, 6.45) is 1.70. The maximum atomic E-state index is 13.2. The van der Waals surface area contributed by atoms with E-state index in [1.165, 1.54) is 5.56 Å². The zero-order valence-corrected chi connectivity index (χ0v) is 18.6. The lowest BCUT2D eigenvalue weighted by Gasteiger charge is -2.34. The van der Waals surface area contributed by atoms with Gasteiger partial charge < -0.3 is 14.4 Å². The predicted molar refractivity (Wildman–Crippen MR) is 122 cm³/mol. The van der Waals surface area contributed by atoms with Crippen molar-refractivity contribution in [2.45, 2.75) is 20.4 Å². The summed E-state index contributed by atoms with van der Waals surface area (Å²) in [6.45, 7) is 9.14. The Morgan fingerprint density at radius 1 is 0.969 bits per heavy atom. The molecule has 2 aromatic carbocycles. The highest BCUT2D eigenvalue weighted by Gasteiger charge is 2.25. The van der Waals surface area contributed by atoms with Crippen molar-refractivity contribution < 1.29 is 14.3 Å². The van der Waals surface area contributed by atoms with Gasteiger partial charge >= 0.3 is 0 Å². The van der Waals surface area contributed by atoms with Crippen molar-refractivity contribution in [3.05, 3.63) is 71.0 Å². The van der Waals surface area contributed by atoms with Gasteiger partial charge in [-0.15, -0.1) is 0 Å². The first-order chi connectivity index (χ1) is 15.6. The SMILES string of the molecule is Cc1ccccc1-n1ncc(C(=O)N2CCN(Cc3ccc4c(c3)OCCO4)CC2)c1C. The molecule has 7 heteroatoms. The van der Waals surface area contributed by atoms with E-state index in [-0.39, 0.29) is 5.91 Å². The molecule has 2 aliphatic heterocycles. The average molecular weight is 433 g/mol. The summed E-state index contributed by atoms with van der Waals surface area (Å²) in [5.74, 6) is 1.70. The topological polar surface area (TPSA) is 59.8 Å². The lowest BCUT2D eigenvalue weighted by molar-refractivity contribution is 0.0627. The molecular formula is C25H28N4O3. The Morgan fingerprint density at radius 2 is 1.72 bits per heavy atom. The van der Waals surface area contributed by atoms with Crippen LogP contribution in [0.4, 0.5) is 0 Å². The predicted octanol–water partition coefficient (Wildman–Crippen LogP) is 3.22. The van der Waals surface area contributed by atoms with E-state index < -0.39 is 0 Å². The summed E-state index contributed by atoms with van der Waals surface area (Å²) in [6, 6.07) is 14.2. The molecule has 1 fully saturated rings. The number of fused-ring (bicyclic) bond motifs is 1. The van der Waals surface area contributed by atoms with Crippen LogP contribution in [0.25, 0.3) is 5.69 Å². The molecule has 0 N–H and O–H groups in total. The third kappa shape index (κ3) is 3.96. The Bertz CT molecular complexity index is 1130. The van der Waals surface area contributed by atoms with E-state index in [4.69, 9.17) is 9.47 Å². The maximum absolute atomic E-state index is 13.2. The zero-order valence-electron chi connectivity index (χ0n) is 18.6.